The molecule has 146 valence electrons. The van der Waals surface area contributed by atoms with Crippen molar-refractivity contribution < 1.29 is 4.79 Å². The Morgan fingerprint density at radius 3 is 3.00 bits per heavy atom. The molecule has 1 unspecified atom stereocenters. The van der Waals surface area contributed by atoms with Crippen molar-refractivity contribution in [1.29, 1.82) is 0 Å². The Morgan fingerprint density at radius 1 is 1.33 bits per heavy atom. The number of likely N-dealkylation sites (tertiary alicyclic amines) is 1. The minimum Gasteiger partial charge on any atom is -0.359 e. The van der Waals surface area contributed by atoms with Crippen molar-refractivity contribution in [3.8, 4) is 0 Å². The number of hydrogen-bond donors (Lipinski definition) is 3. The highest BCUT2D eigenvalue weighted by Crippen LogP contribution is 2.19. The Balaban J connectivity index is 1.50. The van der Waals surface area contributed by atoms with E-state index in [1.165, 1.54) is 25.7 Å². The summed E-state index contributed by atoms with van der Waals surface area (Å²) in [5.74, 6) is 0. The fourth-order valence-electron chi connectivity index (χ4n) is 3.89. The number of H-pyrrole nitrogens is 1. The highest BCUT2D eigenvalue weighted by Gasteiger charge is 2.19. The number of amides is 2. The summed E-state index contributed by atoms with van der Waals surface area (Å²) < 4.78 is 0. The molecule has 3 N–H and O–H groups in total. The Labute approximate surface area is 160 Å². The summed E-state index contributed by atoms with van der Waals surface area (Å²) in [5, 5.41) is 6.12. The normalized spacial score (nSPS) is 17.8. The zero-order valence-corrected chi connectivity index (χ0v) is 16.3. The molecule has 2 aromatic rings. The van der Waals surface area contributed by atoms with E-state index in [-0.39, 0.29) is 17.1 Å². The van der Waals surface area contributed by atoms with Crippen molar-refractivity contribution >= 4 is 22.6 Å². The lowest BCUT2D eigenvalue weighted by Crippen LogP contribution is -2.41. The monoisotopic (exact) mass is 370 g/mol. The van der Waals surface area contributed by atoms with Gasteiger partial charge >= 0.3 is 6.03 Å². The lowest BCUT2D eigenvalue weighted by molar-refractivity contribution is 0.142. The van der Waals surface area contributed by atoms with Crippen LogP contribution in [0.1, 0.15) is 44.6 Å². The number of aryl methyl sites for hydroxylation is 1. The number of pyridine rings is 1. The number of rotatable bonds is 6. The molecular weight excluding hydrogens is 340 g/mol. The number of urea groups is 1. The van der Waals surface area contributed by atoms with Gasteiger partial charge in [-0.1, -0.05) is 25.0 Å². The van der Waals surface area contributed by atoms with Gasteiger partial charge in [-0.3, -0.25) is 4.79 Å². The molecule has 0 saturated carbocycles. The maximum Gasteiger partial charge on any atom is 0.319 e. The first-order chi connectivity index (χ1) is 13.1. The first-order valence-corrected chi connectivity index (χ1v) is 9.99. The van der Waals surface area contributed by atoms with Gasteiger partial charge in [-0.15, -0.1) is 0 Å². The van der Waals surface area contributed by atoms with Crippen LogP contribution in [0, 0.1) is 6.92 Å². The van der Waals surface area contributed by atoms with Crippen molar-refractivity contribution in [1.82, 2.24) is 15.2 Å². The molecule has 27 heavy (non-hydrogen) atoms. The molecule has 1 aromatic carbocycles. The molecule has 3 rings (SSSR count). The number of anilines is 1. The number of aromatic nitrogens is 1. The van der Waals surface area contributed by atoms with E-state index in [0.29, 0.717) is 18.0 Å². The molecule has 0 aliphatic carbocycles. The van der Waals surface area contributed by atoms with E-state index in [1.54, 1.807) is 6.20 Å². The standard InChI is InChI=1S/C21H30N4O2/c1-3-16-7-4-5-11-25(16)12-6-10-22-21(27)24-19-14-23-18-9-8-15(2)13-17(18)20(19)26/h8-9,13-14,16H,3-7,10-12H2,1-2H3,(H,23,26)(H2,22,24,27). The molecule has 2 amide bonds. The van der Waals surface area contributed by atoms with Gasteiger partial charge in [-0.2, -0.15) is 0 Å². The first kappa shape index (κ1) is 19.4. The molecule has 0 spiro atoms. The molecular formula is C21H30N4O2. The smallest absolute Gasteiger partial charge is 0.319 e. The fraction of sp³-hybridized carbons (Fsp3) is 0.524. The zero-order chi connectivity index (χ0) is 19.2. The fourth-order valence-corrected chi connectivity index (χ4v) is 3.89. The van der Waals surface area contributed by atoms with Crippen LogP contribution in [0.15, 0.2) is 29.2 Å². The van der Waals surface area contributed by atoms with Crippen LogP contribution in [0.4, 0.5) is 10.5 Å². The van der Waals surface area contributed by atoms with Crippen molar-refractivity contribution in [3.05, 3.63) is 40.2 Å². The second-order valence-electron chi connectivity index (χ2n) is 7.41. The van der Waals surface area contributed by atoms with Crippen molar-refractivity contribution in [2.45, 2.75) is 52.0 Å². The molecule has 2 heterocycles. The van der Waals surface area contributed by atoms with Gasteiger partial charge in [0.15, 0.2) is 0 Å². The molecule has 1 aromatic heterocycles. The Bertz CT molecular complexity index is 846. The second kappa shape index (κ2) is 9.04. The Morgan fingerprint density at radius 2 is 2.19 bits per heavy atom. The Hall–Kier alpha value is -2.34. The van der Waals surface area contributed by atoms with Crippen LogP contribution in [0.25, 0.3) is 10.9 Å². The molecule has 1 atom stereocenters. The number of hydrogen-bond acceptors (Lipinski definition) is 3. The van der Waals surface area contributed by atoms with Gasteiger partial charge in [0.05, 0.1) is 0 Å². The van der Waals surface area contributed by atoms with Gasteiger partial charge in [-0.25, -0.2) is 4.79 Å². The van der Waals surface area contributed by atoms with Crippen LogP contribution < -0.4 is 16.1 Å². The van der Waals surface area contributed by atoms with Crippen LogP contribution in [0.5, 0.6) is 0 Å². The summed E-state index contributed by atoms with van der Waals surface area (Å²) in [6.07, 6.45) is 7.55. The minimum atomic E-state index is -0.335. The highest BCUT2D eigenvalue weighted by molar-refractivity contribution is 5.91. The number of carbonyl (C=O) groups is 1. The zero-order valence-electron chi connectivity index (χ0n) is 16.3. The van der Waals surface area contributed by atoms with E-state index in [9.17, 15) is 9.59 Å². The molecule has 6 nitrogen and oxygen atoms in total. The summed E-state index contributed by atoms with van der Waals surface area (Å²) in [6, 6.07) is 6.01. The number of benzene rings is 1. The predicted molar refractivity (Wildman–Crippen MR) is 110 cm³/mol. The molecule has 0 bridgehead atoms. The summed E-state index contributed by atoms with van der Waals surface area (Å²) in [5.41, 5.74) is 1.88. The van der Waals surface area contributed by atoms with E-state index < -0.39 is 0 Å². The third-order valence-corrected chi connectivity index (χ3v) is 5.41. The van der Waals surface area contributed by atoms with Gasteiger partial charge in [0.2, 0.25) is 5.43 Å². The Kier molecular flexibility index (Phi) is 6.50. The van der Waals surface area contributed by atoms with E-state index in [2.05, 4.69) is 27.4 Å². The predicted octanol–water partition coefficient (Wildman–Crippen LogP) is 3.61. The van der Waals surface area contributed by atoms with Crippen LogP contribution in [-0.4, -0.2) is 41.6 Å². The van der Waals surface area contributed by atoms with Crippen LogP contribution in [0.3, 0.4) is 0 Å². The van der Waals surface area contributed by atoms with E-state index in [1.807, 2.05) is 25.1 Å². The van der Waals surface area contributed by atoms with Crippen LogP contribution in [0.2, 0.25) is 0 Å². The lowest BCUT2D eigenvalue weighted by Gasteiger charge is -2.35. The number of piperidine rings is 1. The minimum absolute atomic E-state index is 0.165. The van der Waals surface area contributed by atoms with E-state index in [0.717, 1.165) is 30.6 Å². The quantitative estimate of drug-likeness (QED) is 0.680. The van der Waals surface area contributed by atoms with Gasteiger partial charge in [0, 0.05) is 36.2 Å². The number of carbonyl (C=O) groups excluding carboxylic acids is 1. The molecule has 0 radical (unpaired) electrons. The number of nitrogens with one attached hydrogen (secondary N) is 3. The largest absolute Gasteiger partial charge is 0.359 e. The third-order valence-electron chi connectivity index (χ3n) is 5.41. The molecule has 1 saturated heterocycles. The van der Waals surface area contributed by atoms with E-state index in [4.69, 9.17) is 0 Å². The average Bonchev–Trinajstić information content (AvgIpc) is 2.68. The van der Waals surface area contributed by atoms with E-state index >= 15 is 0 Å². The second-order valence-corrected chi connectivity index (χ2v) is 7.41. The van der Waals surface area contributed by atoms with Gasteiger partial charge in [-0.05, 0) is 51.3 Å². The summed E-state index contributed by atoms with van der Waals surface area (Å²) >= 11 is 0. The molecule has 1 aliphatic heterocycles. The number of aromatic amines is 1. The molecule has 1 aliphatic rings. The molecule has 1 fully saturated rings. The summed E-state index contributed by atoms with van der Waals surface area (Å²) in [4.78, 5) is 30.3. The maximum absolute atomic E-state index is 12.6. The average molecular weight is 370 g/mol. The van der Waals surface area contributed by atoms with Gasteiger partial charge in [0.25, 0.3) is 0 Å². The summed E-state index contributed by atoms with van der Waals surface area (Å²) in [6.45, 7) is 6.96. The van der Waals surface area contributed by atoms with Gasteiger partial charge < -0.3 is 20.5 Å². The van der Waals surface area contributed by atoms with Crippen molar-refractivity contribution in [3.63, 3.8) is 0 Å². The highest BCUT2D eigenvalue weighted by atomic mass is 16.2. The van der Waals surface area contributed by atoms with Crippen molar-refractivity contribution in [2.24, 2.45) is 0 Å². The lowest BCUT2D eigenvalue weighted by atomic mass is 10.00. The number of nitrogens with zero attached hydrogens (tertiary/aromatic N) is 1. The SMILES string of the molecule is CCC1CCCCN1CCCNC(=O)Nc1c[nH]c2ccc(C)cc2c1=O. The number of fused-ring (bicyclic) bond motifs is 1. The first-order valence-electron chi connectivity index (χ1n) is 9.99. The third kappa shape index (κ3) is 4.89. The summed E-state index contributed by atoms with van der Waals surface area (Å²) in [7, 11) is 0. The van der Waals surface area contributed by atoms with Crippen molar-refractivity contribution in [2.75, 3.05) is 25.0 Å². The van der Waals surface area contributed by atoms with Crippen LogP contribution in [-0.2, 0) is 0 Å². The molecule has 6 heteroatoms. The van der Waals surface area contributed by atoms with Crippen LogP contribution >= 0.6 is 0 Å². The topological polar surface area (TPSA) is 77.2 Å². The maximum atomic E-state index is 12.6. The van der Waals surface area contributed by atoms with Gasteiger partial charge in [0.1, 0.15) is 5.69 Å².